The van der Waals surface area contributed by atoms with Crippen LogP contribution in [0.25, 0.3) is 16.7 Å². The van der Waals surface area contributed by atoms with Crippen LogP contribution in [0.3, 0.4) is 0 Å². The van der Waals surface area contributed by atoms with Crippen molar-refractivity contribution in [2.24, 2.45) is 7.05 Å². The van der Waals surface area contributed by atoms with Gasteiger partial charge in [-0.15, -0.1) is 0 Å². The van der Waals surface area contributed by atoms with Crippen LogP contribution in [0, 0.1) is 0 Å². The second-order valence-corrected chi connectivity index (χ2v) is 8.29. The molecular formula is C23H17F3N4O5. The summed E-state index contributed by atoms with van der Waals surface area (Å²) in [6, 6.07) is 6.94. The number of carboxylic acid groups (broad SMARTS) is 1. The molecule has 35 heavy (non-hydrogen) atoms. The van der Waals surface area contributed by atoms with Crippen LogP contribution in [0.2, 0.25) is 0 Å². The quantitative estimate of drug-likeness (QED) is 0.461. The summed E-state index contributed by atoms with van der Waals surface area (Å²) in [5.41, 5.74) is -2.78. The van der Waals surface area contributed by atoms with Gasteiger partial charge in [0.2, 0.25) is 0 Å². The molecule has 0 aliphatic heterocycles. The fourth-order valence-corrected chi connectivity index (χ4v) is 4.72. The van der Waals surface area contributed by atoms with Gasteiger partial charge in [0.15, 0.2) is 0 Å². The number of benzene rings is 2. The van der Waals surface area contributed by atoms with Gasteiger partial charge < -0.3 is 10.1 Å². The Morgan fingerprint density at radius 1 is 1.14 bits per heavy atom. The van der Waals surface area contributed by atoms with Crippen LogP contribution >= 0.6 is 0 Å². The lowest BCUT2D eigenvalue weighted by atomic mass is 10.0. The van der Waals surface area contributed by atoms with Crippen LogP contribution in [0.5, 0.6) is 0 Å². The van der Waals surface area contributed by atoms with Gasteiger partial charge in [-0.2, -0.15) is 13.2 Å². The van der Waals surface area contributed by atoms with E-state index in [4.69, 9.17) is 0 Å². The number of carboxylic acids is 1. The molecule has 5 rings (SSSR count). The van der Waals surface area contributed by atoms with E-state index < -0.39 is 46.3 Å². The second-order valence-electron chi connectivity index (χ2n) is 8.29. The summed E-state index contributed by atoms with van der Waals surface area (Å²) in [5.74, 6) is -1.59. The van der Waals surface area contributed by atoms with E-state index >= 15 is 0 Å². The number of halogens is 3. The highest BCUT2D eigenvalue weighted by Gasteiger charge is 2.38. The molecule has 2 aromatic carbocycles. The molecule has 0 amide bonds. The smallest absolute Gasteiger partial charge is 0.416 e. The lowest BCUT2D eigenvalue weighted by Crippen LogP contribution is -2.43. The van der Waals surface area contributed by atoms with Crippen LogP contribution in [0.4, 0.5) is 13.2 Å². The molecule has 0 saturated heterocycles. The Morgan fingerprint density at radius 3 is 2.57 bits per heavy atom. The van der Waals surface area contributed by atoms with E-state index in [1.807, 2.05) is 0 Å². The zero-order valence-electron chi connectivity index (χ0n) is 18.1. The maximum atomic E-state index is 13.5. The molecule has 1 atom stereocenters. The van der Waals surface area contributed by atoms with Gasteiger partial charge in [0, 0.05) is 13.2 Å². The van der Waals surface area contributed by atoms with E-state index in [-0.39, 0.29) is 29.7 Å². The maximum Gasteiger partial charge on any atom is 0.416 e. The van der Waals surface area contributed by atoms with Crippen molar-refractivity contribution in [3.05, 3.63) is 96.2 Å². The first kappa shape index (κ1) is 22.4. The molecule has 180 valence electrons. The number of alkyl halides is 3. The number of fused-ring (bicyclic) bond motifs is 2. The molecule has 0 spiro atoms. The third kappa shape index (κ3) is 3.40. The summed E-state index contributed by atoms with van der Waals surface area (Å²) in [4.78, 5) is 52.9. The monoisotopic (exact) mass is 486 g/mol. The number of aromatic nitrogens is 4. The topological polar surface area (TPSA) is 119 Å². The Hall–Kier alpha value is -4.35. The van der Waals surface area contributed by atoms with Crippen molar-refractivity contribution < 1.29 is 23.1 Å². The number of imidazole rings is 1. The minimum atomic E-state index is -4.61. The number of hydrogen-bond donors (Lipinski definition) is 2. The van der Waals surface area contributed by atoms with Gasteiger partial charge >= 0.3 is 23.5 Å². The molecule has 0 saturated carbocycles. The van der Waals surface area contributed by atoms with E-state index in [0.29, 0.717) is 15.6 Å². The number of hydrogen-bond acceptors (Lipinski definition) is 4. The lowest BCUT2D eigenvalue weighted by Gasteiger charge is -2.19. The third-order valence-corrected chi connectivity index (χ3v) is 6.37. The minimum absolute atomic E-state index is 0.0195. The summed E-state index contributed by atoms with van der Waals surface area (Å²) in [5, 5.41) is 9.62. The predicted octanol–water partition coefficient (Wildman–Crippen LogP) is 2.43. The Morgan fingerprint density at radius 2 is 1.89 bits per heavy atom. The van der Waals surface area contributed by atoms with Crippen LogP contribution in [0.15, 0.2) is 57.0 Å². The van der Waals surface area contributed by atoms with Gasteiger partial charge in [0.25, 0.3) is 5.56 Å². The Kier molecular flexibility index (Phi) is 4.86. The van der Waals surface area contributed by atoms with Crippen molar-refractivity contribution in [2.75, 3.05) is 0 Å². The van der Waals surface area contributed by atoms with Crippen molar-refractivity contribution in [1.82, 2.24) is 18.7 Å². The molecular weight excluding hydrogens is 469 g/mol. The normalized spacial score (nSPS) is 15.5. The number of carbonyl (C=O) groups is 1. The number of rotatable bonds is 3. The molecule has 2 aromatic heterocycles. The van der Waals surface area contributed by atoms with Crippen molar-refractivity contribution >= 4 is 17.0 Å². The number of nitrogens with one attached hydrogen (secondary N) is 1. The van der Waals surface area contributed by atoms with Gasteiger partial charge in [-0.25, -0.2) is 14.4 Å². The highest BCUT2D eigenvalue weighted by Crippen LogP contribution is 2.41. The zero-order chi connectivity index (χ0) is 25.2. The minimum Gasteiger partial charge on any atom is -0.477 e. The third-order valence-electron chi connectivity index (χ3n) is 6.37. The van der Waals surface area contributed by atoms with Crippen molar-refractivity contribution in [3.63, 3.8) is 0 Å². The Balaban J connectivity index is 1.76. The molecule has 12 heteroatoms. The summed E-state index contributed by atoms with van der Waals surface area (Å²) in [7, 11) is 1.54. The van der Waals surface area contributed by atoms with Crippen LogP contribution in [-0.4, -0.2) is 29.8 Å². The SMILES string of the molecule is Cn1c(=O)[nH]c2cc(-n3cc(C(=O)O)c(=O)n(C4CCc5c4cccc5C(F)(F)F)c3=O)ccc21. The summed E-state index contributed by atoms with van der Waals surface area (Å²) >= 11 is 0. The summed E-state index contributed by atoms with van der Waals surface area (Å²) in [6.07, 6.45) is -3.74. The molecule has 1 aliphatic carbocycles. The number of H-pyrrole nitrogens is 1. The molecule has 9 nitrogen and oxygen atoms in total. The molecule has 1 unspecified atom stereocenters. The fourth-order valence-electron chi connectivity index (χ4n) is 4.72. The first-order chi connectivity index (χ1) is 16.5. The number of aromatic carboxylic acids is 1. The van der Waals surface area contributed by atoms with Gasteiger partial charge in [-0.3, -0.25) is 18.5 Å². The molecule has 0 radical (unpaired) electrons. The van der Waals surface area contributed by atoms with Crippen LogP contribution in [0.1, 0.15) is 39.5 Å². The van der Waals surface area contributed by atoms with E-state index in [9.17, 15) is 37.5 Å². The molecule has 1 aliphatic rings. The second kappa shape index (κ2) is 7.58. The van der Waals surface area contributed by atoms with Crippen LogP contribution in [-0.2, 0) is 19.6 Å². The average Bonchev–Trinajstić information content (AvgIpc) is 3.33. The maximum absolute atomic E-state index is 13.5. The number of aromatic amines is 1. The number of aryl methyl sites for hydroxylation is 1. The van der Waals surface area contributed by atoms with E-state index in [1.54, 1.807) is 13.1 Å². The largest absolute Gasteiger partial charge is 0.477 e. The van der Waals surface area contributed by atoms with E-state index in [0.717, 1.165) is 16.8 Å². The lowest BCUT2D eigenvalue weighted by molar-refractivity contribution is -0.138. The van der Waals surface area contributed by atoms with Gasteiger partial charge in [0.05, 0.1) is 28.3 Å². The molecule has 0 bridgehead atoms. The predicted molar refractivity (Wildman–Crippen MR) is 118 cm³/mol. The molecule has 2 heterocycles. The first-order valence-electron chi connectivity index (χ1n) is 10.5. The molecule has 2 N–H and O–H groups in total. The highest BCUT2D eigenvalue weighted by molar-refractivity contribution is 5.87. The van der Waals surface area contributed by atoms with Crippen molar-refractivity contribution in [1.29, 1.82) is 0 Å². The summed E-state index contributed by atoms with van der Waals surface area (Å²) in [6.45, 7) is 0. The van der Waals surface area contributed by atoms with Gasteiger partial charge in [-0.05, 0) is 48.2 Å². The summed E-state index contributed by atoms with van der Waals surface area (Å²) < 4.78 is 43.5. The standard InChI is InChI=1S/C23H17F3N4O5/c1-28-18-7-5-11(9-16(18)27-21(28)34)29-10-14(20(32)33)19(31)30(22(29)35)17-8-6-12-13(17)3-2-4-15(12)23(24,25)26/h2-5,7,9-10,17H,6,8H2,1H3,(H,27,34)(H,32,33). The van der Waals surface area contributed by atoms with Gasteiger partial charge in [-0.1, -0.05) is 12.1 Å². The van der Waals surface area contributed by atoms with E-state index in [1.165, 1.54) is 28.8 Å². The Bertz CT molecular complexity index is 1710. The van der Waals surface area contributed by atoms with Gasteiger partial charge in [0.1, 0.15) is 5.56 Å². The zero-order valence-corrected chi connectivity index (χ0v) is 18.1. The fraction of sp³-hybridized carbons (Fsp3) is 0.217. The average molecular weight is 486 g/mol. The molecule has 0 fully saturated rings. The van der Waals surface area contributed by atoms with Crippen molar-refractivity contribution in [3.8, 4) is 5.69 Å². The van der Waals surface area contributed by atoms with Crippen LogP contribution < -0.4 is 16.9 Å². The van der Waals surface area contributed by atoms with Crippen molar-refractivity contribution in [2.45, 2.75) is 25.1 Å². The molecule has 4 aromatic rings. The first-order valence-corrected chi connectivity index (χ1v) is 10.5. The number of nitrogens with zero attached hydrogens (tertiary/aromatic N) is 3. The van der Waals surface area contributed by atoms with E-state index in [2.05, 4.69) is 4.98 Å². The Labute approximate surface area is 193 Å². The highest BCUT2D eigenvalue weighted by atomic mass is 19.4.